The van der Waals surface area contributed by atoms with Crippen molar-refractivity contribution in [1.82, 2.24) is 9.88 Å². The summed E-state index contributed by atoms with van der Waals surface area (Å²) in [6, 6.07) is 13.3. The smallest absolute Gasteiger partial charge is 0.268 e. The van der Waals surface area contributed by atoms with Gasteiger partial charge in [-0.25, -0.2) is 8.78 Å². The summed E-state index contributed by atoms with van der Waals surface area (Å²) in [5.41, 5.74) is 5.24. The molecule has 2 aromatic carbocycles. The van der Waals surface area contributed by atoms with Crippen LogP contribution in [0.4, 0.5) is 8.78 Å². The zero-order valence-electron chi connectivity index (χ0n) is 17.3. The SMILES string of the molecule is Cc1c2c(n(Cc3ccc(F)cc3F)c1C(=O)NC(C)c1ccccc1)CCCC2. The van der Waals surface area contributed by atoms with Crippen LogP contribution >= 0.6 is 0 Å². The van der Waals surface area contributed by atoms with E-state index in [4.69, 9.17) is 0 Å². The fourth-order valence-corrected chi connectivity index (χ4v) is 4.45. The van der Waals surface area contributed by atoms with Crippen LogP contribution in [0.5, 0.6) is 0 Å². The molecule has 0 spiro atoms. The molecule has 0 saturated heterocycles. The first-order valence-corrected chi connectivity index (χ1v) is 10.5. The molecule has 3 nitrogen and oxygen atoms in total. The van der Waals surface area contributed by atoms with E-state index in [0.29, 0.717) is 11.3 Å². The van der Waals surface area contributed by atoms with Crippen molar-refractivity contribution in [3.05, 3.63) is 93.8 Å². The topological polar surface area (TPSA) is 34.0 Å². The molecule has 0 saturated carbocycles. The van der Waals surface area contributed by atoms with Gasteiger partial charge in [-0.1, -0.05) is 36.4 Å². The maximum absolute atomic E-state index is 14.4. The number of hydrogen-bond donors (Lipinski definition) is 1. The molecule has 4 rings (SSSR count). The first kappa shape index (κ1) is 20.3. The minimum absolute atomic E-state index is 0.152. The van der Waals surface area contributed by atoms with Crippen LogP contribution < -0.4 is 5.32 Å². The summed E-state index contributed by atoms with van der Waals surface area (Å²) in [6.45, 7) is 4.14. The molecule has 0 bridgehead atoms. The predicted molar refractivity (Wildman–Crippen MR) is 114 cm³/mol. The first-order valence-electron chi connectivity index (χ1n) is 10.5. The second-order valence-corrected chi connectivity index (χ2v) is 8.03. The molecule has 5 heteroatoms. The van der Waals surface area contributed by atoms with Gasteiger partial charge in [-0.3, -0.25) is 4.79 Å². The van der Waals surface area contributed by atoms with Crippen LogP contribution in [0.15, 0.2) is 48.5 Å². The average molecular weight is 408 g/mol. The lowest BCUT2D eigenvalue weighted by Gasteiger charge is -2.19. The van der Waals surface area contributed by atoms with Gasteiger partial charge in [0.25, 0.3) is 5.91 Å². The van der Waals surface area contributed by atoms with Crippen LogP contribution in [0.1, 0.15) is 64.2 Å². The minimum Gasteiger partial charge on any atom is -0.344 e. The molecule has 0 radical (unpaired) electrons. The second kappa shape index (κ2) is 8.42. The van der Waals surface area contributed by atoms with Crippen molar-refractivity contribution in [2.75, 3.05) is 0 Å². The van der Waals surface area contributed by atoms with Gasteiger partial charge in [-0.2, -0.15) is 0 Å². The van der Waals surface area contributed by atoms with Gasteiger partial charge in [0.1, 0.15) is 17.3 Å². The summed E-state index contributed by atoms with van der Waals surface area (Å²) in [5.74, 6) is -1.35. The average Bonchev–Trinajstić information content (AvgIpc) is 3.02. The van der Waals surface area contributed by atoms with Crippen LogP contribution in [0.2, 0.25) is 0 Å². The minimum atomic E-state index is -0.600. The maximum atomic E-state index is 14.4. The Kier molecular flexibility index (Phi) is 5.71. The molecule has 1 unspecified atom stereocenters. The molecule has 1 aliphatic carbocycles. The third-order valence-corrected chi connectivity index (χ3v) is 6.05. The lowest BCUT2D eigenvalue weighted by atomic mass is 9.95. The highest BCUT2D eigenvalue weighted by atomic mass is 19.1. The molecule has 0 fully saturated rings. The van der Waals surface area contributed by atoms with Gasteiger partial charge in [-0.05, 0) is 62.3 Å². The van der Waals surface area contributed by atoms with Gasteiger partial charge in [0, 0.05) is 17.3 Å². The standard InChI is InChI=1S/C25H26F2N2O/c1-16-21-10-6-7-11-23(21)29(15-19-12-13-20(26)14-22(19)27)24(16)25(30)28-17(2)18-8-4-3-5-9-18/h3-5,8-9,12-14,17H,6-7,10-11,15H2,1-2H3,(H,28,30). The Balaban J connectivity index is 1.71. The molecule has 0 aliphatic heterocycles. The molecule has 1 atom stereocenters. The van der Waals surface area contributed by atoms with Gasteiger partial charge in [0.05, 0.1) is 12.6 Å². The lowest BCUT2D eigenvalue weighted by Crippen LogP contribution is -2.29. The number of amides is 1. The molecular formula is C25H26F2N2O. The second-order valence-electron chi connectivity index (χ2n) is 8.03. The fraction of sp³-hybridized carbons (Fsp3) is 0.320. The summed E-state index contributed by atoms with van der Waals surface area (Å²) in [5, 5.41) is 3.10. The van der Waals surface area contributed by atoms with Gasteiger partial charge in [-0.15, -0.1) is 0 Å². The fourth-order valence-electron chi connectivity index (χ4n) is 4.45. The van der Waals surface area contributed by atoms with Crippen molar-refractivity contribution in [2.24, 2.45) is 0 Å². The van der Waals surface area contributed by atoms with Crippen molar-refractivity contribution < 1.29 is 13.6 Å². The molecule has 156 valence electrons. The Morgan fingerprint density at radius 3 is 2.57 bits per heavy atom. The van der Waals surface area contributed by atoms with Crippen LogP contribution in [0, 0.1) is 18.6 Å². The summed E-state index contributed by atoms with van der Waals surface area (Å²) in [7, 11) is 0. The van der Waals surface area contributed by atoms with E-state index >= 15 is 0 Å². The third kappa shape index (κ3) is 3.89. The maximum Gasteiger partial charge on any atom is 0.268 e. The Bertz CT molecular complexity index is 1070. The van der Waals surface area contributed by atoms with Crippen molar-refractivity contribution >= 4 is 5.91 Å². The number of nitrogens with zero attached hydrogens (tertiary/aromatic N) is 1. The zero-order valence-corrected chi connectivity index (χ0v) is 17.3. The number of hydrogen-bond acceptors (Lipinski definition) is 1. The number of benzene rings is 2. The quantitative estimate of drug-likeness (QED) is 0.595. The summed E-state index contributed by atoms with van der Waals surface area (Å²) in [6.07, 6.45) is 3.92. The van der Waals surface area contributed by atoms with Crippen LogP contribution in [-0.2, 0) is 19.4 Å². The van der Waals surface area contributed by atoms with Crippen molar-refractivity contribution in [3.63, 3.8) is 0 Å². The van der Waals surface area contributed by atoms with Crippen molar-refractivity contribution in [3.8, 4) is 0 Å². The van der Waals surface area contributed by atoms with Gasteiger partial charge >= 0.3 is 0 Å². The van der Waals surface area contributed by atoms with E-state index < -0.39 is 11.6 Å². The lowest BCUT2D eigenvalue weighted by molar-refractivity contribution is 0.0930. The van der Waals surface area contributed by atoms with Crippen LogP contribution in [0.3, 0.4) is 0 Å². The zero-order chi connectivity index (χ0) is 21.3. The number of fused-ring (bicyclic) bond motifs is 1. The highest BCUT2D eigenvalue weighted by Crippen LogP contribution is 2.31. The molecule has 1 heterocycles. The first-order chi connectivity index (χ1) is 14.5. The van der Waals surface area contributed by atoms with Crippen LogP contribution in [0.25, 0.3) is 0 Å². The Hall–Kier alpha value is -2.95. The van der Waals surface area contributed by atoms with Gasteiger partial charge in [0.15, 0.2) is 0 Å². The van der Waals surface area contributed by atoms with Crippen molar-refractivity contribution in [2.45, 2.75) is 52.1 Å². The number of rotatable bonds is 5. The Morgan fingerprint density at radius 1 is 1.10 bits per heavy atom. The highest BCUT2D eigenvalue weighted by molar-refractivity contribution is 5.95. The molecule has 1 amide bonds. The van der Waals surface area contributed by atoms with E-state index in [0.717, 1.165) is 48.6 Å². The van der Waals surface area contributed by atoms with E-state index in [1.54, 1.807) is 0 Å². The van der Waals surface area contributed by atoms with E-state index in [1.807, 2.05) is 48.7 Å². The van der Waals surface area contributed by atoms with Crippen LogP contribution in [-0.4, -0.2) is 10.5 Å². The molecule has 1 aromatic heterocycles. The predicted octanol–water partition coefficient (Wildman–Crippen LogP) is 5.49. The summed E-state index contributed by atoms with van der Waals surface area (Å²) >= 11 is 0. The van der Waals surface area contributed by atoms with E-state index in [1.165, 1.54) is 17.7 Å². The van der Waals surface area contributed by atoms with E-state index in [9.17, 15) is 13.6 Å². The number of halogens is 2. The summed E-state index contributed by atoms with van der Waals surface area (Å²) in [4.78, 5) is 13.3. The van der Waals surface area contributed by atoms with Crippen molar-refractivity contribution in [1.29, 1.82) is 0 Å². The number of carbonyl (C=O) groups excluding carboxylic acids is 1. The molecule has 1 aliphatic rings. The Morgan fingerprint density at radius 2 is 1.83 bits per heavy atom. The normalized spacial score (nSPS) is 14.3. The summed E-state index contributed by atoms with van der Waals surface area (Å²) < 4.78 is 29.7. The number of carbonyl (C=O) groups is 1. The Labute approximate surface area is 175 Å². The molecular weight excluding hydrogens is 382 g/mol. The molecule has 1 N–H and O–H groups in total. The number of aromatic nitrogens is 1. The third-order valence-electron chi connectivity index (χ3n) is 6.05. The number of nitrogens with one attached hydrogen (secondary N) is 1. The monoisotopic (exact) mass is 408 g/mol. The molecule has 30 heavy (non-hydrogen) atoms. The van der Waals surface area contributed by atoms with Gasteiger partial charge in [0.2, 0.25) is 0 Å². The highest BCUT2D eigenvalue weighted by Gasteiger charge is 2.27. The van der Waals surface area contributed by atoms with E-state index in [2.05, 4.69) is 5.32 Å². The van der Waals surface area contributed by atoms with Gasteiger partial charge < -0.3 is 9.88 Å². The molecule has 3 aromatic rings. The largest absolute Gasteiger partial charge is 0.344 e. The van der Waals surface area contributed by atoms with E-state index in [-0.39, 0.29) is 18.5 Å².